The molecule has 10 heteroatoms. The second-order valence-electron chi connectivity index (χ2n) is 7.89. The minimum Gasteiger partial charge on any atom is -0.497 e. The van der Waals surface area contributed by atoms with E-state index >= 15 is 0 Å². The molecule has 0 bridgehead atoms. The molecular weight excluding hydrogens is 460 g/mol. The number of benzene rings is 2. The fourth-order valence-electron chi connectivity index (χ4n) is 3.73. The van der Waals surface area contributed by atoms with Crippen LogP contribution in [0, 0.1) is 6.92 Å². The second-order valence-corrected chi connectivity index (χ2v) is 10.8. The maximum atomic E-state index is 13.3. The topological polar surface area (TPSA) is 101 Å². The van der Waals surface area contributed by atoms with Gasteiger partial charge in [0.05, 0.1) is 12.0 Å². The minimum absolute atomic E-state index is 0.174. The van der Waals surface area contributed by atoms with Crippen molar-refractivity contribution in [2.45, 2.75) is 37.5 Å². The molecule has 1 aromatic heterocycles. The monoisotopic (exact) mass is 486 g/mol. The molecule has 174 valence electrons. The van der Waals surface area contributed by atoms with Gasteiger partial charge in [-0.25, -0.2) is 8.42 Å². The zero-order valence-electron chi connectivity index (χ0n) is 18.6. The Morgan fingerprint density at radius 3 is 2.39 bits per heavy atom. The highest BCUT2D eigenvalue weighted by atomic mass is 32.2. The Bertz CT molecular complexity index is 1230. The fourth-order valence-corrected chi connectivity index (χ4v) is 6.25. The molecule has 1 saturated heterocycles. The molecule has 0 aliphatic carbocycles. The molecule has 2 aromatic carbocycles. The van der Waals surface area contributed by atoms with Gasteiger partial charge in [0.25, 0.3) is 5.91 Å². The van der Waals surface area contributed by atoms with Gasteiger partial charge < -0.3 is 4.74 Å². The van der Waals surface area contributed by atoms with Crippen LogP contribution >= 0.6 is 11.3 Å². The quantitative estimate of drug-likeness (QED) is 0.556. The van der Waals surface area contributed by atoms with Crippen molar-refractivity contribution < 1.29 is 17.9 Å². The van der Waals surface area contributed by atoms with Gasteiger partial charge in [-0.1, -0.05) is 30.2 Å². The summed E-state index contributed by atoms with van der Waals surface area (Å²) in [5.74, 6) is 0.307. The summed E-state index contributed by atoms with van der Waals surface area (Å²) in [5.41, 5.74) is 1.73. The maximum Gasteiger partial charge on any atom is 0.257 e. The van der Waals surface area contributed by atoms with Gasteiger partial charge in [-0.05, 0) is 61.7 Å². The molecule has 1 N–H and O–H groups in total. The number of sulfonamides is 1. The lowest BCUT2D eigenvalue weighted by molar-refractivity contribution is 0.102. The van der Waals surface area contributed by atoms with Crippen molar-refractivity contribution in [2.75, 3.05) is 25.5 Å². The van der Waals surface area contributed by atoms with Gasteiger partial charge in [0.15, 0.2) is 0 Å². The van der Waals surface area contributed by atoms with E-state index < -0.39 is 15.9 Å². The number of nitrogens with zero attached hydrogens (tertiary/aromatic N) is 3. The lowest BCUT2D eigenvalue weighted by Crippen LogP contribution is -2.32. The number of carbonyl (C=O) groups is 1. The van der Waals surface area contributed by atoms with Crippen LogP contribution in [0.3, 0.4) is 0 Å². The minimum atomic E-state index is -3.66. The molecule has 0 saturated carbocycles. The molecule has 0 atom stereocenters. The smallest absolute Gasteiger partial charge is 0.257 e. The largest absolute Gasteiger partial charge is 0.497 e. The summed E-state index contributed by atoms with van der Waals surface area (Å²) >= 11 is 1.24. The Kier molecular flexibility index (Phi) is 7.06. The van der Waals surface area contributed by atoms with Gasteiger partial charge in [-0.3, -0.25) is 10.1 Å². The third kappa shape index (κ3) is 5.23. The lowest BCUT2D eigenvalue weighted by Gasteiger charge is -2.21. The molecule has 3 aromatic rings. The molecule has 1 aliphatic rings. The molecule has 4 rings (SSSR count). The van der Waals surface area contributed by atoms with Crippen LogP contribution in [-0.4, -0.2) is 49.0 Å². The van der Waals surface area contributed by atoms with Crippen LogP contribution in [0.2, 0.25) is 0 Å². The zero-order valence-corrected chi connectivity index (χ0v) is 20.2. The molecule has 2 heterocycles. The Morgan fingerprint density at radius 2 is 1.73 bits per heavy atom. The number of rotatable bonds is 6. The molecule has 0 unspecified atom stereocenters. The van der Waals surface area contributed by atoms with Crippen molar-refractivity contribution >= 4 is 32.4 Å². The number of hydrogen-bond acceptors (Lipinski definition) is 7. The molecule has 8 nitrogen and oxygen atoms in total. The van der Waals surface area contributed by atoms with Crippen molar-refractivity contribution in [3.63, 3.8) is 0 Å². The van der Waals surface area contributed by atoms with Gasteiger partial charge in [-0.15, -0.1) is 10.2 Å². The normalized spacial score (nSPS) is 15.1. The Balaban J connectivity index is 1.53. The molecule has 0 spiro atoms. The van der Waals surface area contributed by atoms with Crippen molar-refractivity contribution in [3.05, 3.63) is 53.6 Å². The number of aryl methyl sites for hydroxylation is 1. The summed E-state index contributed by atoms with van der Waals surface area (Å²) in [6.07, 6.45) is 3.78. The van der Waals surface area contributed by atoms with Crippen molar-refractivity contribution in [2.24, 2.45) is 0 Å². The number of amides is 1. The third-order valence-corrected chi connectivity index (χ3v) is 8.54. The average Bonchev–Trinajstić information content (AvgIpc) is 3.10. The van der Waals surface area contributed by atoms with E-state index in [0.29, 0.717) is 28.8 Å². The van der Waals surface area contributed by atoms with Gasteiger partial charge >= 0.3 is 0 Å². The SMILES string of the molecule is COc1ccc(-c2nnc(NC(=O)c3ccc(C)c(S(=O)(=O)N4CCCCCC4)c3)s2)cc1. The van der Waals surface area contributed by atoms with Gasteiger partial charge in [0.1, 0.15) is 10.8 Å². The predicted octanol–water partition coefficient (Wildman–Crippen LogP) is 4.34. The van der Waals surface area contributed by atoms with Crippen LogP contribution in [0.1, 0.15) is 41.6 Å². The van der Waals surface area contributed by atoms with Crippen LogP contribution in [0.25, 0.3) is 10.6 Å². The summed E-state index contributed by atoms with van der Waals surface area (Å²) < 4.78 is 33.2. The fraction of sp³-hybridized carbons (Fsp3) is 0.348. The van der Waals surface area contributed by atoms with E-state index in [-0.39, 0.29) is 10.5 Å². The van der Waals surface area contributed by atoms with Crippen molar-refractivity contribution in [1.29, 1.82) is 0 Å². The van der Waals surface area contributed by atoms with Crippen molar-refractivity contribution in [3.8, 4) is 16.3 Å². The van der Waals surface area contributed by atoms with E-state index in [9.17, 15) is 13.2 Å². The summed E-state index contributed by atoms with van der Waals surface area (Å²) in [7, 11) is -2.06. The van der Waals surface area contributed by atoms with E-state index in [1.807, 2.05) is 24.3 Å². The second kappa shape index (κ2) is 9.98. The van der Waals surface area contributed by atoms with Gasteiger partial charge in [-0.2, -0.15) is 4.31 Å². The molecule has 1 fully saturated rings. The summed E-state index contributed by atoms with van der Waals surface area (Å²) in [6, 6.07) is 12.1. The van der Waals surface area contributed by atoms with Crippen LogP contribution in [0.4, 0.5) is 5.13 Å². The van der Waals surface area contributed by atoms with Gasteiger partial charge in [0, 0.05) is 24.2 Å². The number of ether oxygens (including phenoxy) is 1. The molecule has 1 amide bonds. The highest BCUT2D eigenvalue weighted by Gasteiger charge is 2.27. The first-order valence-electron chi connectivity index (χ1n) is 10.8. The van der Waals surface area contributed by atoms with E-state index in [4.69, 9.17) is 4.74 Å². The van der Waals surface area contributed by atoms with E-state index in [1.54, 1.807) is 26.2 Å². The highest BCUT2D eigenvalue weighted by Crippen LogP contribution is 2.29. The van der Waals surface area contributed by atoms with Crippen molar-refractivity contribution in [1.82, 2.24) is 14.5 Å². The van der Waals surface area contributed by atoms with Gasteiger partial charge in [0.2, 0.25) is 15.2 Å². The number of nitrogens with one attached hydrogen (secondary N) is 1. The number of methoxy groups -OCH3 is 1. The number of hydrogen-bond donors (Lipinski definition) is 1. The molecular formula is C23H26N4O4S2. The Labute approximate surface area is 197 Å². The summed E-state index contributed by atoms with van der Waals surface area (Å²) in [4.78, 5) is 13.0. The summed E-state index contributed by atoms with van der Waals surface area (Å²) in [5, 5.41) is 11.9. The van der Waals surface area contributed by atoms with E-state index in [1.165, 1.54) is 21.7 Å². The highest BCUT2D eigenvalue weighted by molar-refractivity contribution is 7.89. The van der Waals surface area contributed by atoms with E-state index in [2.05, 4.69) is 15.5 Å². The lowest BCUT2D eigenvalue weighted by atomic mass is 10.1. The van der Waals surface area contributed by atoms with E-state index in [0.717, 1.165) is 37.0 Å². The Morgan fingerprint density at radius 1 is 1.03 bits per heavy atom. The standard InChI is InChI=1S/C23H26N4O4S2/c1-16-7-8-18(15-20(16)33(29,30)27-13-5-3-4-6-14-27)21(28)24-23-26-25-22(32-23)17-9-11-19(31-2)12-10-17/h7-12,15H,3-6,13-14H2,1-2H3,(H,24,26,28). The maximum absolute atomic E-state index is 13.3. The van der Waals surface area contributed by atoms with Crippen LogP contribution < -0.4 is 10.1 Å². The first-order valence-corrected chi connectivity index (χ1v) is 13.0. The summed E-state index contributed by atoms with van der Waals surface area (Å²) in [6.45, 7) is 2.77. The average molecular weight is 487 g/mol. The molecule has 0 radical (unpaired) electrons. The number of anilines is 1. The Hall–Kier alpha value is -2.82. The van der Waals surface area contributed by atoms with Crippen LogP contribution in [0.15, 0.2) is 47.4 Å². The van der Waals surface area contributed by atoms with Crippen LogP contribution in [-0.2, 0) is 10.0 Å². The molecule has 1 aliphatic heterocycles. The molecule has 33 heavy (non-hydrogen) atoms. The number of carbonyl (C=O) groups excluding carboxylic acids is 1. The first kappa shape index (κ1) is 23.3. The predicted molar refractivity (Wildman–Crippen MR) is 128 cm³/mol. The number of aromatic nitrogens is 2. The third-order valence-electron chi connectivity index (χ3n) is 5.62. The first-order chi connectivity index (χ1) is 15.9. The van der Waals surface area contributed by atoms with Crippen LogP contribution in [0.5, 0.6) is 5.75 Å². The zero-order chi connectivity index (χ0) is 23.4.